The first kappa shape index (κ1) is 17.5. The van der Waals surface area contributed by atoms with E-state index < -0.39 is 5.97 Å². The van der Waals surface area contributed by atoms with Crippen molar-refractivity contribution in [1.82, 2.24) is 14.8 Å². The summed E-state index contributed by atoms with van der Waals surface area (Å²) in [6.45, 7) is 3.29. The first-order valence-electron chi connectivity index (χ1n) is 7.88. The van der Waals surface area contributed by atoms with Gasteiger partial charge in [0, 0.05) is 44.4 Å². The minimum absolute atomic E-state index is 0.140. The highest BCUT2D eigenvalue weighted by molar-refractivity contribution is 5.93. The van der Waals surface area contributed by atoms with Crippen molar-refractivity contribution in [2.45, 2.75) is 19.4 Å². The zero-order valence-electron chi connectivity index (χ0n) is 14.1. The van der Waals surface area contributed by atoms with Crippen molar-refractivity contribution in [1.29, 1.82) is 0 Å². The SMILES string of the molecule is COC(=O)c1c(OCCCN(C)C)cc(=O)n2c1CCNCC2. The molecule has 0 saturated heterocycles. The molecule has 7 nitrogen and oxygen atoms in total. The first-order chi connectivity index (χ1) is 11.0. The third kappa shape index (κ3) is 4.33. The van der Waals surface area contributed by atoms with Gasteiger partial charge in [-0.2, -0.15) is 0 Å². The summed E-state index contributed by atoms with van der Waals surface area (Å²) in [5.41, 5.74) is 0.927. The number of nitrogens with one attached hydrogen (secondary N) is 1. The zero-order chi connectivity index (χ0) is 16.8. The molecule has 0 amide bonds. The van der Waals surface area contributed by atoms with Crippen molar-refractivity contribution < 1.29 is 14.3 Å². The summed E-state index contributed by atoms with van der Waals surface area (Å²) >= 11 is 0. The number of methoxy groups -OCH3 is 1. The van der Waals surface area contributed by atoms with Crippen molar-refractivity contribution in [2.24, 2.45) is 0 Å². The molecule has 2 rings (SSSR count). The molecule has 0 radical (unpaired) electrons. The molecule has 1 aromatic heterocycles. The van der Waals surface area contributed by atoms with Crippen LogP contribution in [-0.4, -0.2) is 62.9 Å². The van der Waals surface area contributed by atoms with Gasteiger partial charge < -0.3 is 24.3 Å². The highest BCUT2D eigenvalue weighted by Crippen LogP contribution is 2.23. The fourth-order valence-corrected chi connectivity index (χ4v) is 2.70. The van der Waals surface area contributed by atoms with Crippen LogP contribution in [0.2, 0.25) is 0 Å². The van der Waals surface area contributed by atoms with Gasteiger partial charge in [-0.3, -0.25) is 4.79 Å². The first-order valence-corrected chi connectivity index (χ1v) is 7.88. The second kappa shape index (κ2) is 8.12. The molecule has 1 aliphatic heterocycles. The maximum Gasteiger partial charge on any atom is 0.343 e. The van der Waals surface area contributed by atoms with Crippen molar-refractivity contribution >= 4 is 5.97 Å². The van der Waals surface area contributed by atoms with Crippen LogP contribution in [0, 0.1) is 0 Å². The molecule has 2 heterocycles. The number of nitrogens with zero attached hydrogens (tertiary/aromatic N) is 2. The summed E-state index contributed by atoms with van der Waals surface area (Å²) < 4.78 is 12.3. The summed E-state index contributed by atoms with van der Waals surface area (Å²) in [4.78, 5) is 26.6. The second-order valence-electron chi connectivity index (χ2n) is 5.82. The molecular formula is C16H25N3O4. The van der Waals surface area contributed by atoms with Gasteiger partial charge >= 0.3 is 5.97 Å². The molecule has 0 atom stereocenters. The Labute approximate surface area is 136 Å². The monoisotopic (exact) mass is 323 g/mol. The van der Waals surface area contributed by atoms with Gasteiger partial charge in [-0.05, 0) is 20.5 Å². The van der Waals surface area contributed by atoms with Crippen molar-refractivity contribution in [2.75, 3.05) is 47.4 Å². The second-order valence-corrected chi connectivity index (χ2v) is 5.82. The fourth-order valence-electron chi connectivity index (χ4n) is 2.70. The highest BCUT2D eigenvalue weighted by Gasteiger charge is 2.24. The van der Waals surface area contributed by atoms with E-state index in [-0.39, 0.29) is 5.56 Å². The molecule has 0 aromatic carbocycles. The number of hydrogen-bond donors (Lipinski definition) is 1. The van der Waals surface area contributed by atoms with Crippen molar-refractivity contribution in [3.63, 3.8) is 0 Å². The molecule has 0 aliphatic carbocycles. The molecule has 23 heavy (non-hydrogen) atoms. The molecule has 7 heteroatoms. The largest absolute Gasteiger partial charge is 0.492 e. The average Bonchev–Trinajstić information content (AvgIpc) is 2.77. The minimum Gasteiger partial charge on any atom is -0.492 e. The van der Waals surface area contributed by atoms with Gasteiger partial charge in [0.15, 0.2) is 0 Å². The van der Waals surface area contributed by atoms with Crippen LogP contribution >= 0.6 is 0 Å². The Morgan fingerprint density at radius 3 is 2.87 bits per heavy atom. The molecule has 0 saturated carbocycles. The standard InChI is InChI=1S/C16H25N3O4/c1-18(2)8-4-10-23-13-11-14(20)19-9-7-17-6-5-12(19)15(13)16(21)22-3/h11,17H,4-10H2,1-3H3. The van der Waals surface area contributed by atoms with Gasteiger partial charge in [0.2, 0.25) is 0 Å². The van der Waals surface area contributed by atoms with Gasteiger partial charge in [-0.25, -0.2) is 4.79 Å². The lowest BCUT2D eigenvalue weighted by atomic mass is 10.1. The molecule has 0 fully saturated rings. The Morgan fingerprint density at radius 2 is 2.17 bits per heavy atom. The molecule has 0 unspecified atom stereocenters. The zero-order valence-corrected chi connectivity index (χ0v) is 14.1. The topological polar surface area (TPSA) is 72.8 Å². The van der Waals surface area contributed by atoms with Crippen LogP contribution in [0.1, 0.15) is 22.5 Å². The Kier molecular flexibility index (Phi) is 6.18. The van der Waals surface area contributed by atoms with Crippen LogP contribution in [0.3, 0.4) is 0 Å². The summed E-state index contributed by atoms with van der Waals surface area (Å²) in [6.07, 6.45) is 1.40. The van der Waals surface area contributed by atoms with Crippen LogP contribution < -0.4 is 15.6 Å². The van der Waals surface area contributed by atoms with Gasteiger partial charge in [0.25, 0.3) is 5.56 Å². The van der Waals surface area contributed by atoms with Crippen molar-refractivity contribution in [3.8, 4) is 5.75 Å². The summed E-state index contributed by atoms with van der Waals surface area (Å²) in [6, 6.07) is 1.40. The van der Waals surface area contributed by atoms with Gasteiger partial charge in [-0.1, -0.05) is 0 Å². The van der Waals surface area contributed by atoms with Gasteiger partial charge in [0.05, 0.1) is 13.7 Å². The molecule has 0 spiro atoms. The summed E-state index contributed by atoms with van der Waals surface area (Å²) in [5.74, 6) is -0.132. The summed E-state index contributed by atoms with van der Waals surface area (Å²) in [5, 5.41) is 3.23. The maximum absolute atomic E-state index is 12.3. The predicted octanol–water partition coefficient (Wildman–Crippen LogP) is 0.111. The third-order valence-electron chi connectivity index (χ3n) is 3.83. The number of rotatable bonds is 6. The lowest BCUT2D eigenvalue weighted by Crippen LogP contribution is -2.28. The summed E-state index contributed by atoms with van der Waals surface area (Å²) in [7, 11) is 5.32. The van der Waals surface area contributed by atoms with Gasteiger partial charge in [0.1, 0.15) is 11.3 Å². The van der Waals surface area contributed by atoms with E-state index in [4.69, 9.17) is 9.47 Å². The smallest absolute Gasteiger partial charge is 0.343 e. The number of hydrogen-bond acceptors (Lipinski definition) is 6. The van der Waals surface area contributed by atoms with E-state index in [0.29, 0.717) is 49.7 Å². The number of pyridine rings is 1. The molecule has 128 valence electrons. The van der Waals surface area contributed by atoms with Crippen LogP contribution in [0.4, 0.5) is 0 Å². The van der Waals surface area contributed by atoms with Crippen LogP contribution in [-0.2, 0) is 17.7 Å². The minimum atomic E-state index is -0.460. The molecule has 1 aliphatic rings. The average molecular weight is 323 g/mol. The number of ether oxygens (including phenoxy) is 2. The van der Waals surface area contributed by atoms with E-state index in [1.165, 1.54) is 13.2 Å². The number of carbonyl (C=O) groups is 1. The van der Waals surface area contributed by atoms with Gasteiger partial charge in [-0.15, -0.1) is 0 Å². The Bertz CT molecular complexity index is 610. The third-order valence-corrected chi connectivity index (χ3v) is 3.83. The Balaban J connectivity index is 2.33. The number of carbonyl (C=O) groups excluding carboxylic acids is 1. The molecular weight excluding hydrogens is 298 g/mol. The fraction of sp³-hybridized carbons (Fsp3) is 0.625. The van der Waals surface area contributed by atoms with E-state index in [1.54, 1.807) is 4.57 Å². The lowest BCUT2D eigenvalue weighted by molar-refractivity contribution is 0.0593. The van der Waals surface area contributed by atoms with Crippen molar-refractivity contribution in [3.05, 3.63) is 27.7 Å². The highest BCUT2D eigenvalue weighted by atomic mass is 16.5. The number of esters is 1. The van der Waals surface area contributed by atoms with Crippen LogP contribution in [0.25, 0.3) is 0 Å². The molecule has 1 aromatic rings. The Morgan fingerprint density at radius 1 is 1.39 bits per heavy atom. The van der Waals surface area contributed by atoms with E-state index >= 15 is 0 Å². The van der Waals surface area contributed by atoms with E-state index in [1.807, 2.05) is 14.1 Å². The molecule has 1 N–H and O–H groups in total. The lowest BCUT2D eigenvalue weighted by Gasteiger charge is -2.17. The van der Waals surface area contributed by atoms with E-state index in [0.717, 1.165) is 13.0 Å². The van der Waals surface area contributed by atoms with Crippen LogP contribution in [0.5, 0.6) is 5.75 Å². The van der Waals surface area contributed by atoms with Crippen LogP contribution in [0.15, 0.2) is 10.9 Å². The van der Waals surface area contributed by atoms with E-state index in [2.05, 4.69) is 10.2 Å². The predicted molar refractivity (Wildman–Crippen MR) is 87.3 cm³/mol. The normalized spacial score (nSPS) is 14.3. The maximum atomic E-state index is 12.3. The molecule has 0 bridgehead atoms. The quantitative estimate of drug-likeness (QED) is 0.592. The number of aromatic nitrogens is 1. The van der Waals surface area contributed by atoms with E-state index in [9.17, 15) is 9.59 Å². The Hall–Kier alpha value is -1.86. The number of fused-ring (bicyclic) bond motifs is 1.